The summed E-state index contributed by atoms with van der Waals surface area (Å²) in [6.45, 7) is 4.32. The summed E-state index contributed by atoms with van der Waals surface area (Å²) < 4.78 is 2.16. The molecular formula is C28H26N6O2S. The molecule has 3 aliphatic rings. The third-order valence-electron chi connectivity index (χ3n) is 6.85. The van der Waals surface area contributed by atoms with Crippen LogP contribution >= 0.6 is 11.8 Å². The fraction of sp³-hybridized carbons (Fsp3) is 0.250. The number of aromatic nitrogens is 1. The van der Waals surface area contributed by atoms with Crippen LogP contribution in [0, 0.1) is 12.3 Å². The Bertz CT molecular complexity index is 1530. The number of nitrogens with zero attached hydrogens (tertiary/aromatic N) is 5. The van der Waals surface area contributed by atoms with E-state index < -0.39 is 5.91 Å². The van der Waals surface area contributed by atoms with Gasteiger partial charge in [0, 0.05) is 42.3 Å². The van der Waals surface area contributed by atoms with Crippen molar-refractivity contribution in [3.05, 3.63) is 77.0 Å². The quantitative estimate of drug-likeness (QED) is 0.507. The van der Waals surface area contributed by atoms with Crippen LogP contribution in [0.2, 0.25) is 0 Å². The minimum Gasteiger partial charge on any atom is -0.342 e. The van der Waals surface area contributed by atoms with Crippen LogP contribution in [-0.2, 0) is 16.1 Å². The number of nitrogens with one attached hydrogen (secondary N) is 1. The number of carbonyl (C=O) groups excluding carboxylic acids is 2. The Morgan fingerprint density at radius 2 is 1.86 bits per heavy atom. The van der Waals surface area contributed by atoms with Crippen molar-refractivity contribution in [1.29, 1.82) is 5.41 Å². The summed E-state index contributed by atoms with van der Waals surface area (Å²) in [5, 5.41) is 16.5. The summed E-state index contributed by atoms with van der Waals surface area (Å²) in [7, 11) is 0. The number of benzene rings is 2. The first-order chi connectivity index (χ1) is 18.0. The van der Waals surface area contributed by atoms with Crippen LogP contribution in [0.3, 0.4) is 0 Å². The molecule has 3 aromatic rings. The number of aliphatic imine (C=N–C) groups is 1. The van der Waals surface area contributed by atoms with Gasteiger partial charge in [-0.3, -0.25) is 15.0 Å². The van der Waals surface area contributed by atoms with Crippen LogP contribution < -0.4 is 0 Å². The van der Waals surface area contributed by atoms with Crippen LogP contribution in [0.4, 0.5) is 0 Å². The zero-order valence-electron chi connectivity index (χ0n) is 20.5. The molecule has 2 aromatic carbocycles. The Kier molecular flexibility index (Phi) is 6.00. The summed E-state index contributed by atoms with van der Waals surface area (Å²) >= 11 is 1.19. The highest BCUT2D eigenvalue weighted by Gasteiger charge is 2.36. The number of carbonyl (C=O) groups is 2. The molecule has 9 heteroatoms. The van der Waals surface area contributed by atoms with Gasteiger partial charge in [-0.2, -0.15) is 15.1 Å². The summed E-state index contributed by atoms with van der Waals surface area (Å²) in [5.41, 5.74) is 4.47. The van der Waals surface area contributed by atoms with Crippen molar-refractivity contribution < 1.29 is 9.59 Å². The molecule has 0 saturated carbocycles. The predicted molar refractivity (Wildman–Crippen MR) is 148 cm³/mol. The number of hydrazone groups is 1. The van der Waals surface area contributed by atoms with Gasteiger partial charge in [0.25, 0.3) is 5.91 Å². The number of amidine groups is 2. The van der Waals surface area contributed by atoms with E-state index in [-0.39, 0.29) is 23.7 Å². The van der Waals surface area contributed by atoms with Crippen molar-refractivity contribution >= 4 is 56.6 Å². The molecule has 0 unspecified atom stereocenters. The summed E-state index contributed by atoms with van der Waals surface area (Å²) in [5.74, 6) is -0.470. The Balaban J connectivity index is 1.29. The average Bonchev–Trinajstić information content (AvgIpc) is 3.63. The van der Waals surface area contributed by atoms with Crippen molar-refractivity contribution in [2.24, 2.45) is 10.1 Å². The van der Waals surface area contributed by atoms with E-state index in [0.29, 0.717) is 16.8 Å². The van der Waals surface area contributed by atoms with E-state index in [0.717, 1.165) is 42.4 Å². The number of likely N-dealkylation sites (tertiary alicyclic amines) is 1. The van der Waals surface area contributed by atoms with Gasteiger partial charge < -0.3 is 9.47 Å². The normalized spacial score (nSPS) is 18.6. The molecule has 37 heavy (non-hydrogen) atoms. The van der Waals surface area contributed by atoms with Gasteiger partial charge in [0.2, 0.25) is 11.1 Å². The molecule has 0 spiro atoms. The molecule has 1 N–H and O–H groups in total. The number of thioether (sulfide) groups is 1. The minimum absolute atomic E-state index is 0.0264. The Labute approximate surface area is 218 Å². The van der Waals surface area contributed by atoms with Crippen LogP contribution in [-0.4, -0.2) is 55.4 Å². The highest BCUT2D eigenvalue weighted by atomic mass is 32.2. The number of aryl methyl sites for hydroxylation is 1. The monoisotopic (exact) mass is 510 g/mol. The lowest BCUT2D eigenvalue weighted by Gasteiger charge is -2.20. The summed E-state index contributed by atoms with van der Waals surface area (Å²) in [6.07, 6.45) is 5.96. The van der Waals surface area contributed by atoms with E-state index >= 15 is 0 Å². The maximum absolute atomic E-state index is 13.0. The molecule has 1 fully saturated rings. The van der Waals surface area contributed by atoms with Crippen LogP contribution in [0.15, 0.2) is 70.4 Å². The van der Waals surface area contributed by atoms with E-state index in [4.69, 9.17) is 5.41 Å². The van der Waals surface area contributed by atoms with E-state index in [1.54, 1.807) is 6.08 Å². The lowest BCUT2D eigenvalue weighted by Crippen LogP contribution is -2.35. The van der Waals surface area contributed by atoms with E-state index in [1.807, 2.05) is 29.3 Å². The first-order valence-corrected chi connectivity index (χ1v) is 13.2. The summed E-state index contributed by atoms with van der Waals surface area (Å²) in [4.78, 5) is 31.6. The highest BCUT2D eigenvalue weighted by molar-refractivity contribution is 8.27. The molecular weight excluding hydrogens is 484 g/mol. The first kappa shape index (κ1) is 23.4. The second kappa shape index (κ2) is 9.48. The second-order valence-electron chi connectivity index (χ2n) is 9.49. The van der Waals surface area contributed by atoms with Gasteiger partial charge in [-0.15, -0.1) is 0 Å². The molecule has 4 heterocycles. The molecule has 0 atom stereocenters. The Hall–Kier alpha value is -3.98. The number of hydrogen-bond donors (Lipinski definition) is 1. The first-order valence-electron chi connectivity index (χ1n) is 12.4. The largest absolute Gasteiger partial charge is 0.342 e. The van der Waals surface area contributed by atoms with Crippen LogP contribution in [0.5, 0.6) is 0 Å². The predicted octanol–water partition coefficient (Wildman–Crippen LogP) is 4.63. The number of amides is 2. The molecule has 2 amide bonds. The minimum atomic E-state index is -0.471. The fourth-order valence-electron chi connectivity index (χ4n) is 4.88. The van der Waals surface area contributed by atoms with Crippen molar-refractivity contribution in [2.45, 2.75) is 32.7 Å². The average molecular weight is 511 g/mol. The van der Waals surface area contributed by atoms with E-state index in [1.165, 1.54) is 27.9 Å². The topological polar surface area (TPSA) is 94.1 Å². The standard InChI is InChI=1S/C28H26N6O2S/c1-18-8-10-19(11-9-18)16-33-17-20(21-6-2-3-7-23(21)33)14-22-26(29)34-28(30-27(22)36)37-24(31-34)15-25(35)32-12-4-5-13-32/h2-3,6-11,14,17,29H,4-5,12-13,15-16H2,1H3/b22-14+,29-26?. The zero-order chi connectivity index (χ0) is 25.5. The van der Waals surface area contributed by atoms with Crippen LogP contribution in [0.1, 0.15) is 36.0 Å². The molecule has 0 bridgehead atoms. The highest BCUT2D eigenvalue weighted by Crippen LogP contribution is 2.31. The number of rotatable bonds is 5. The number of hydrogen-bond acceptors (Lipinski definition) is 5. The molecule has 1 saturated heterocycles. The zero-order valence-corrected chi connectivity index (χ0v) is 21.3. The SMILES string of the molecule is Cc1ccc(Cn2cc(/C=C3\C(=N)N4N=C(CC(=O)N5CCCC5)SC4=NC3=O)c3ccccc32)cc1. The second-order valence-corrected chi connectivity index (χ2v) is 10.5. The van der Waals surface area contributed by atoms with Crippen molar-refractivity contribution in [3.8, 4) is 0 Å². The van der Waals surface area contributed by atoms with Crippen molar-refractivity contribution in [3.63, 3.8) is 0 Å². The van der Waals surface area contributed by atoms with Gasteiger partial charge in [0.05, 0.1) is 12.0 Å². The molecule has 1 aromatic heterocycles. The van der Waals surface area contributed by atoms with Gasteiger partial charge in [-0.1, -0.05) is 48.0 Å². The molecule has 186 valence electrons. The van der Waals surface area contributed by atoms with E-state index in [9.17, 15) is 9.59 Å². The fourth-order valence-corrected chi connectivity index (χ4v) is 5.75. The number of para-hydroxylation sites is 1. The van der Waals surface area contributed by atoms with Gasteiger partial charge >= 0.3 is 0 Å². The van der Waals surface area contributed by atoms with Crippen molar-refractivity contribution in [1.82, 2.24) is 14.5 Å². The third kappa shape index (κ3) is 4.51. The Morgan fingerprint density at radius 1 is 1.11 bits per heavy atom. The smallest absolute Gasteiger partial charge is 0.283 e. The molecule has 0 radical (unpaired) electrons. The third-order valence-corrected chi connectivity index (χ3v) is 7.76. The van der Waals surface area contributed by atoms with Crippen LogP contribution in [0.25, 0.3) is 17.0 Å². The van der Waals surface area contributed by atoms with Gasteiger partial charge in [0.15, 0.2) is 5.84 Å². The molecule has 3 aliphatic heterocycles. The maximum atomic E-state index is 13.0. The number of fused-ring (bicyclic) bond motifs is 2. The Morgan fingerprint density at radius 3 is 2.65 bits per heavy atom. The van der Waals surface area contributed by atoms with E-state index in [2.05, 4.69) is 51.9 Å². The molecule has 6 rings (SSSR count). The lowest BCUT2D eigenvalue weighted by molar-refractivity contribution is -0.128. The molecule has 0 aliphatic carbocycles. The molecule has 8 nitrogen and oxygen atoms in total. The maximum Gasteiger partial charge on any atom is 0.283 e. The summed E-state index contributed by atoms with van der Waals surface area (Å²) in [6, 6.07) is 16.5. The van der Waals surface area contributed by atoms with Gasteiger partial charge in [-0.25, -0.2) is 0 Å². The van der Waals surface area contributed by atoms with Crippen molar-refractivity contribution in [2.75, 3.05) is 13.1 Å². The lowest BCUT2D eigenvalue weighted by atomic mass is 10.1. The van der Waals surface area contributed by atoms with Gasteiger partial charge in [-0.05, 0) is 49.2 Å². The van der Waals surface area contributed by atoms with Gasteiger partial charge in [0.1, 0.15) is 5.04 Å².